The molecule has 0 saturated heterocycles. The standard InChI is InChI=1S/C10H16O4.C10H10O4/c2*1-13-9(11)7-3-5-8(6-4-7)10(12)14-2/h7-8H,3-6H2,1-2H3;3-6H,1-2H3. The lowest BCUT2D eigenvalue weighted by Gasteiger charge is -2.24. The van der Waals surface area contributed by atoms with Crippen LogP contribution in [0.1, 0.15) is 46.4 Å². The van der Waals surface area contributed by atoms with Crippen LogP contribution in [0.25, 0.3) is 0 Å². The van der Waals surface area contributed by atoms with Crippen molar-refractivity contribution in [1.29, 1.82) is 0 Å². The average molecular weight is 394 g/mol. The zero-order chi connectivity index (χ0) is 21.1. The minimum atomic E-state index is -0.429. The third-order valence-corrected chi connectivity index (χ3v) is 4.52. The molecule has 0 radical (unpaired) electrons. The number of hydrogen-bond acceptors (Lipinski definition) is 8. The van der Waals surface area contributed by atoms with Crippen molar-refractivity contribution in [3.63, 3.8) is 0 Å². The molecule has 1 aliphatic carbocycles. The summed E-state index contributed by atoms with van der Waals surface area (Å²) in [7, 11) is 5.40. The Morgan fingerprint density at radius 2 is 0.893 bits per heavy atom. The molecule has 1 aromatic carbocycles. The summed E-state index contributed by atoms with van der Waals surface area (Å²) in [6, 6.07) is 6.05. The van der Waals surface area contributed by atoms with E-state index in [9.17, 15) is 19.2 Å². The van der Waals surface area contributed by atoms with Gasteiger partial charge in [-0.05, 0) is 49.9 Å². The highest BCUT2D eigenvalue weighted by atomic mass is 16.5. The molecule has 2 rings (SSSR count). The Labute approximate surface area is 164 Å². The summed E-state index contributed by atoms with van der Waals surface area (Å²) in [4.78, 5) is 44.4. The molecule has 0 aliphatic heterocycles. The first-order valence-electron chi connectivity index (χ1n) is 8.80. The molecule has 0 atom stereocenters. The van der Waals surface area contributed by atoms with E-state index in [2.05, 4.69) is 18.9 Å². The van der Waals surface area contributed by atoms with Crippen LogP contribution in [0.15, 0.2) is 24.3 Å². The highest BCUT2D eigenvalue weighted by Crippen LogP contribution is 2.30. The van der Waals surface area contributed by atoms with Crippen LogP contribution in [0.3, 0.4) is 0 Å². The van der Waals surface area contributed by atoms with E-state index < -0.39 is 11.9 Å². The Balaban J connectivity index is 0.000000280. The molecule has 1 aromatic rings. The lowest BCUT2D eigenvalue weighted by atomic mass is 9.82. The van der Waals surface area contributed by atoms with Crippen LogP contribution < -0.4 is 0 Å². The first-order valence-corrected chi connectivity index (χ1v) is 8.80. The van der Waals surface area contributed by atoms with Gasteiger partial charge in [0.15, 0.2) is 0 Å². The van der Waals surface area contributed by atoms with Gasteiger partial charge >= 0.3 is 23.9 Å². The molecule has 0 spiro atoms. The van der Waals surface area contributed by atoms with Crippen molar-refractivity contribution in [3.05, 3.63) is 35.4 Å². The Hall–Kier alpha value is -2.90. The maximum atomic E-state index is 11.2. The van der Waals surface area contributed by atoms with Gasteiger partial charge in [-0.15, -0.1) is 0 Å². The molecule has 154 valence electrons. The van der Waals surface area contributed by atoms with Gasteiger partial charge < -0.3 is 18.9 Å². The van der Waals surface area contributed by atoms with E-state index in [0.29, 0.717) is 11.1 Å². The first kappa shape index (κ1) is 23.1. The van der Waals surface area contributed by atoms with Gasteiger partial charge in [0.2, 0.25) is 0 Å². The Morgan fingerprint density at radius 3 is 1.11 bits per heavy atom. The Bertz CT molecular complexity index is 613. The normalized spacial score (nSPS) is 18.0. The number of carbonyl (C=O) groups excluding carboxylic acids is 4. The van der Waals surface area contributed by atoms with E-state index >= 15 is 0 Å². The summed E-state index contributed by atoms with van der Waals surface area (Å²) in [6.45, 7) is 0. The van der Waals surface area contributed by atoms with E-state index in [-0.39, 0.29) is 23.8 Å². The topological polar surface area (TPSA) is 105 Å². The van der Waals surface area contributed by atoms with Crippen LogP contribution >= 0.6 is 0 Å². The number of benzene rings is 1. The molecule has 1 fully saturated rings. The van der Waals surface area contributed by atoms with Crippen molar-refractivity contribution >= 4 is 23.9 Å². The lowest BCUT2D eigenvalue weighted by molar-refractivity contribution is -0.151. The van der Waals surface area contributed by atoms with Crippen LogP contribution in [0.2, 0.25) is 0 Å². The SMILES string of the molecule is COC(=O)C1CCC(C(=O)OC)CC1.COC(=O)c1ccc(C(=O)OC)cc1. The minimum Gasteiger partial charge on any atom is -0.469 e. The largest absolute Gasteiger partial charge is 0.469 e. The zero-order valence-corrected chi connectivity index (χ0v) is 16.6. The fourth-order valence-electron chi connectivity index (χ4n) is 2.88. The lowest BCUT2D eigenvalue weighted by Crippen LogP contribution is -2.27. The van der Waals surface area contributed by atoms with Crippen molar-refractivity contribution in [2.45, 2.75) is 25.7 Å². The second-order valence-electron chi connectivity index (χ2n) is 6.16. The maximum absolute atomic E-state index is 11.2. The van der Waals surface area contributed by atoms with E-state index in [1.165, 1.54) is 52.7 Å². The van der Waals surface area contributed by atoms with Crippen molar-refractivity contribution in [2.75, 3.05) is 28.4 Å². The van der Waals surface area contributed by atoms with Crippen molar-refractivity contribution in [1.82, 2.24) is 0 Å². The number of esters is 4. The second kappa shape index (κ2) is 11.7. The van der Waals surface area contributed by atoms with Crippen LogP contribution in [0.4, 0.5) is 0 Å². The zero-order valence-electron chi connectivity index (χ0n) is 16.6. The molecule has 0 amide bonds. The van der Waals surface area contributed by atoms with Gasteiger partial charge in [-0.3, -0.25) is 9.59 Å². The van der Waals surface area contributed by atoms with E-state index in [1.54, 1.807) is 0 Å². The highest BCUT2D eigenvalue weighted by molar-refractivity contribution is 5.93. The molecule has 1 saturated carbocycles. The fourth-order valence-corrected chi connectivity index (χ4v) is 2.88. The van der Waals surface area contributed by atoms with Gasteiger partial charge in [-0.1, -0.05) is 0 Å². The molecule has 0 heterocycles. The van der Waals surface area contributed by atoms with E-state index in [4.69, 9.17) is 0 Å². The molecule has 28 heavy (non-hydrogen) atoms. The van der Waals surface area contributed by atoms with E-state index in [0.717, 1.165) is 25.7 Å². The molecular formula is C20H26O8. The smallest absolute Gasteiger partial charge is 0.337 e. The molecule has 0 aromatic heterocycles. The fraction of sp³-hybridized carbons (Fsp3) is 0.500. The second-order valence-corrected chi connectivity index (χ2v) is 6.16. The average Bonchev–Trinajstić information content (AvgIpc) is 2.77. The summed E-state index contributed by atoms with van der Waals surface area (Å²) >= 11 is 0. The predicted molar refractivity (Wildman–Crippen MR) is 98.6 cm³/mol. The summed E-state index contributed by atoms with van der Waals surface area (Å²) in [6.07, 6.45) is 2.91. The third kappa shape index (κ3) is 6.68. The van der Waals surface area contributed by atoms with Crippen LogP contribution in [0, 0.1) is 11.8 Å². The number of carbonyl (C=O) groups is 4. The van der Waals surface area contributed by atoms with Crippen LogP contribution in [-0.4, -0.2) is 52.3 Å². The van der Waals surface area contributed by atoms with Crippen LogP contribution in [-0.2, 0) is 28.5 Å². The number of hydrogen-bond donors (Lipinski definition) is 0. The van der Waals surface area contributed by atoms with Crippen molar-refractivity contribution < 1.29 is 38.1 Å². The molecule has 8 nitrogen and oxygen atoms in total. The highest BCUT2D eigenvalue weighted by Gasteiger charge is 2.30. The minimum absolute atomic E-state index is 0.0269. The van der Waals surface area contributed by atoms with Gasteiger partial charge in [0.1, 0.15) is 0 Å². The molecule has 0 N–H and O–H groups in total. The summed E-state index contributed by atoms with van der Waals surface area (Å²) in [5.41, 5.74) is 0.806. The van der Waals surface area contributed by atoms with Gasteiger partial charge in [-0.2, -0.15) is 0 Å². The maximum Gasteiger partial charge on any atom is 0.337 e. The predicted octanol–water partition coefficient (Wildman–Crippen LogP) is 2.40. The summed E-state index contributed by atoms with van der Waals surface area (Å²) < 4.78 is 18.3. The van der Waals surface area contributed by atoms with Gasteiger partial charge in [-0.25, -0.2) is 9.59 Å². The number of ether oxygens (including phenoxy) is 4. The van der Waals surface area contributed by atoms with Gasteiger partial charge in [0.25, 0.3) is 0 Å². The molecule has 0 unspecified atom stereocenters. The Morgan fingerprint density at radius 1 is 0.607 bits per heavy atom. The summed E-state index contributed by atoms with van der Waals surface area (Å²) in [5.74, 6) is -1.23. The first-order chi connectivity index (χ1) is 13.4. The third-order valence-electron chi connectivity index (χ3n) is 4.52. The summed E-state index contributed by atoms with van der Waals surface area (Å²) in [5, 5.41) is 0. The molecule has 8 heteroatoms. The quantitative estimate of drug-likeness (QED) is 0.566. The van der Waals surface area contributed by atoms with Crippen LogP contribution in [0.5, 0.6) is 0 Å². The monoisotopic (exact) mass is 394 g/mol. The van der Waals surface area contributed by atoms with E-state index in [1.807, 2.05) is 0 Å². The number of methoxy groups -OCH3 is 4. The van der Waals surface area contributed by atoms with Gasteiger partial charge in [0, 0.05) is 0 Å². The van der Waals surface area contributed by atoms with Crippen molar-refractivity contribution in [3.8, 4) is 0 Å². The molecule has 1 aliphatic rings. The molecular weight excluding hydrogens is 368 g/mol. The van der Waals surface area contributed by atoms with Crippen molar-refractivity contribution in [2.24, 2.45) is 11.8 Å². The Kier molecular flexibility index (Phi) is 9.70. The van der Waals surface area contributed by atoms with Gasteiger partial charge in [0.05, 0.1) is 51.4 Å². The molecule has 0 bridgehead atoms. The number of rotatable bonds is 4.